The molecule has 0 atom stereocenters. The Morgan fingerprint density at radius 1 is 1.05 bits per heavy atom. The van der Waals surface area contributed by atoms with Crippen LogP contribution in [0.1, 0.15) is 21.5 Å². The van der Waals surface area contributed by atoms with Crippen molar-refractivity contribution in [3.8, 4) is 5.75 Å². The number of fused-ring (bicyclic) bond motifs is 1. The van der Waals surface area contributed by atoms with Gasteiger partial charge < -0.3 is 35.3 Å². The number of halogens is 1. The normalized spacial score (nSPS) is 13.1. The number of para-hydroxylation sites is 1. The van der Waals surface area contributed by atoms with Crippen LogP contribution in [0, 0.1) is 0 Å². The van der Waals surface area contributed by atoms with Crippen LogP contribution in [-0.2, 0) is 27.2 Å². The first kappa shape index (κ1) is 28.7. The molecule has 0 aliphatic carbocycles. The van der Waals surface area contributed by atoms with E-state index in [-0.39, 0.29) is 11.5 Å². The number of hydrogen-bond donors (Lipinski definition) is 3. The van der Waals surface area contributed by atoms with Gasteiger partial charge in [0.15, 0.2) is 0 Å². The molecule has 0 unspecified atom stereocenters. The number of benzene rings is 2. The molecule has 39 heavy (non-hydrogen) atoms. The van der Waals surface area contributed by atoms with E-state index >= 15 is 0 Å². The zero-order chi connectivity index (χ0) is 27.6. The fourth-order valence-corrected chi connectivity index (χ4v) is 4.49. The molecule has 4 rings (SSSR count). The molecule has 1 amide bonds. The zero-order valence-corrected chi connectivity index (χ0v) is 23.6. The van der Waals surface area contributed by atoms with E-state index in [0.717, 1.165) is 35.2 Å². The van der Waals surface area contributed by atoms with Crippen molar-refractivity contribution < 1.29 is 23.7 Å². The maximum absolute atomic E-state index is 12.0. The predicted octanol–water partition coefficient (Wildman–Crippen LogP) is 3.83. The number of primary amides is 1. The molecule has 3 aromatic rings. The lowest BCUT2D eigenvalue weighted by molar-refractivity contribution is -0.0180. The molecule has 4 N–H and O–H groups in total. The number of methoxy groups -OCH3 is 2. The van der Waals surface area contributed by atoms with E-state index in [0.29, 0.717) is 50.4 Å². The number of hydrogen-bond acceptors (Lipinski definition) is 10. The van der Waals surface area contributed by atoms with Gasteiger partial charge in [0.25, 0.3) is 5.91 Å². The number of nitrogens with two attached hydrogens (primary N) is 1. The summed E-state index contributed by atoms with van der Waals surface area (Å²) in [6.45, 7) is 4.33. The van der Waals surface area contributed by atoms with Crippen molar-refractivity contribution in [1.29, 1.82) is 0 Å². The minimum atomic E-state index is -0.633. The Kier molecular flexibility index (Phi) is 10.5. The molecule has 0 radical (unpaired) electrons. The van der Waals surface area contributed by atoms with Crippen LogP contribution < -0.4 is 21.1 Å². The van der Waals surface area contributed by atoms with Crippen LogP contribution in [0.4, 0.5) is 23.1 Å². The number of rotatable bonds is 14. The first-order valence-corrected chi connectivity index (χ1v) is 13.3. The number of ether oxygens (including phenoxy) is 4. The van der Waals surface area contributed by atoms with Crippen LogP contribution in [0.5, 0.6) is 5.75 Å². The summed E-state index contributed by atoms with van der Waals surface area (Å²) >= 11 is 3.50. The molecule has 0 fully saturated rings. The molecule has 208 valence electrons. The van der Waals surface area contributed by atoms with E-state index in [1.54, 1.807) is 14.2 Å². The maximum Gasteiger partial charge on any atom is 0.254 e. The highest BCUT2D eigenvalue weighted by Crippen LogP contribution is 2.34. The number of amides is 1. The van der Waals surface area contributed by atoms with Crippen molar-refractivity contribution in [1.82, 2.24) is 14.9 Å². The van der Waals surface area contributed by atoms with E-state index in [9.17, 15) is 4.79 Å². The van der Waals surface area contributed by atoms with Gasteiger partial charge in [-0.15, -0.1) is 0 Å². The summed E-state index contributed by atoms with van der Waals surface area (Å²) in [5.74, 6) is 0.622. The minimum Gasteiger partial charge on any atom is -0.495 e. The first-order valence-electron chi connectivity index (χ1n) is 12.5. The summed E-state index contributed by atoms with van der Waals surface area (Å²) in [7, 11) is 3.28. The molecule has 2 aromatic carbocycles. The van der Waals surface area contributed by atoms with Crippen LogP contribution >= 0.6 is 15.9 Å². The van der Waals surface area contributed by atoms with Gasteiger partial charge in [0.05, 0.1) is 51.6 Å². The lowest BCUT2D eigenvalue weighted by Crippen LogP contribution is -2.33. The third-order valence-electron chi connectivity index (χ3n) is 6.12. The first-order chi connectivity index (χ1) is 19.0. The summed E-state index contributed by atoms with van der Waals surface area (Å²) in [6.07, 6.45) is 2.28. The Hall–Kier alpha value is -3.29. The quantitative estimate of drug-likeness (QED) is 0.234. The second-order valence-electron chi connectivity index (χ2n) is 8.82. The summed E-state index contributed by atoms with van der Waals surface area (Å²) in [5.41, 5.74) is 9.58. The lowest BCUT2D eigenvalue weighted by Gasteiger charge is -2.29. The molecular formula is C27H33BrN6O5. The molecule has 0 saturated heterocycles. The van der Waals surface area contributed by atoms with Crippen LogP contribution in [0.2, 0.25) is 0 Å². The maximum atomic E-state index is 12.0. The van der Waals surface area contributed by atoms with Gasteiger partial charge >= 0.3 is 0 Å². The summed E-state index contributed by atoms with van der Waals surface area (Å²) < 4.78 is 22.7. The Labute approximate surface area is 236 Å². The minimum absolute atomic E-state index is 0.174. The second-order valence-corrected chi connectivity index (χ2v) is 9.67. The van der Waals surface area contributed by atoms with Crippen LogP contribution in [-0.4, -0.2) is 74.7 Å². The van der Waals surface area contributed by atoms with E-state index in [1.165, 1.54) is 11.8 Å². The standard InChI is InChI=1S/C27H33BrN6O5/c1-36-9-10-38-11-12-39-17-34-8-7-18-14-24(37-2)23(13-19(18)16-34)32-27-30-15-20(25(29)35)26(33-27)31-22-6-4-3-5-21(22)28/h3-6,13-15H,7-12,16-17H2,1-2H3,(H2,29,35)(H2,30,31,32,33). The summed E-state index contributed by atoms with van der Waals surface area (Å²) in [6, 6.07) is 11.6. The predicted molar refractivity (Wildman–Crippen MR) is 152 cm³/mol. The average molecular weight is 602 g/mol. The van der Waals surface area contributed by atoms with Gasteiger partial charge in [-0.3, -0.25) is 9.69 Å². The number of carbonyl (C=O) groups excluding carboxylic acids is 1. The van der Waals surface area contributed by atoms with Crippen LogP contribution in [0.3, 0.4) is 0 Å². The largest absolute Gasteiger partial charge is 0.495 e. The van der Waals surface area contributed by atoms with E-state index < -0.39 is 5.91 Å². The molecule has 2 heterocycles. The molecule has 1 aliphatic heterocycles. The number of aromatic nitrogens is 2. The van der Waals surface area contributed by atoms with Crippen LogP contribution in [0.25, 0.3) is 0 Å². The fourth-order valence-electron chi connectivity index (χ4n) is 4.11. The molecule has 1 aliphatic rings. The number of nitrogens with zero attached hydrogens (tertiary/aromatic N) is 3. The highest BCUT2D eigenvalue weighted by atomic mass is 79.9. The fraction of sp³-hybridized carbons (Fsp3) is 0.370. The average Bonchev–Trinajstić information content (AvgIpc) is 2.93. The smallest absolute Gasteiger partial charge is 0.254 e. The van der Waals surface area contributed by atoms with Crippen molar-refractivity contribution >= 4 is 45.0 Å². The number of nitrogens with one attached hydrogen (secondary N) is 2. The van der Waals surface area contributed by atoms with Gasteiger partial charge in [-0.25, -0.2) is 4.98 Å². The SMILES string of the molecule is COCCOCCOCN1CCc2cc(OC)c(Nc3ncc(C(N)=O)c(Nc4ccccc4Br)n3)cc2C1. The Balaban J connectivity index is 1.47. The third-order valence-corrected chi connectivity index (χ3v) is 6.81. The van der Waals surface area contributed by atoms with Gasteiger partial charge in [-0.1, -0.05) is 12.1 Å². The van der Waals surface area contributed by atoms with Crippen molar-refractivity contribution in [3.63, 3.8) is 0 Å². The Bertz CT molecular complexity index is 1280. The monoisotopic (exact) mass is 600 g/mol. The summed E-state index contributed by atoms with van der Waals surface area (Å²) in [5, 5.41) is 6.41. The van der Waals surface area contributed by atoms with Crippen LogP contribution in [0.15, 0.2) is 47.1 Å². The van der Waals surface area contributed by atoms with Gasteiger partial charge in [0, 0.05) is 30.9 Å². The highest BCUT2D eigenvalue weighted by Gasteiger charge is 2.20. The Morgan fingerprint density at radius 2 is 1.85 bits per heavy atom. The molecule has 0 spiro atoms. The molecule has 0 bridgehead atoms. The Morgan fingerprint density at radius 3 is 2.62 bits per heavy atom. The zero-order valence-electron chi connectivity index (χ0n) is 22.0. The highest BCUT2D eigenvalue weighted by molar-refractivity contribution is 9.10. The molecule has 12 heteroatoms. The van der Waals surface area contributed by atoms with Gasteiger partial charge in [0.2, 0.25) is 5.95 Å². The van der Waals surface area contributed by atoms with Crippen molar-refractivity contribution in [2.75, 3.05) is 64.6 Å². The van der Waals surface area contributed by atoms with Gasteiger partial charge in [-0.2, -0.15) is 4.98 Å². The van der Waals surface area contributed by atoms with Gasteiger partial charge in [0.1, 0.15) is 17.1 Å². The second kappa shape index (κ2) is 14.2. The van der Waals surface area contributed by atoms with E-state index in [2.05, 4.69) is 41.4 Å². The number of anilines is 4. The molecule has 1 aromatic heterocycles. The number of carbonyl (C=O) groups is 1. The van der Waals surface area contributed by atoms with Crippen molar-refractivity contribution in [2.45, 2.75) is 13.0 Å². The van der Waals surface area contributed by atoms with Gasteiger partial charge in [-0.05, 0) is 57.7 Å². The molecule has 0 saturated carbocycles. The summed E-state index contributed by atoms with van der Waals surface area (Å²) in [4.78, 5) is 23.1. The van der Waals surface area contributed by atoms with Crippen molar-refractivity contribution in [3.05, 3.63) is 63.8 Å². The molecule has 11 nitrogen and oxygen atoms in total. The topological polar surface area (TPSA) is 133 Å². The van der Waals surface area contributed by atoms with Crippen molar-refractivity contribution in [2.24, 2.45) is 5.73 Å². The van der Waals surface area contributed by atoms with E-state index in [1.807, 2.05) is 36.4 Å². The lowest BCUT2D eigenvalue weighted by atomic mass is 9.98. The van der Waals surface area contributed by atoms with E-state index in [4.69, 9.17) is 24.7 Å². The molecular weight excluding hydrogens is 568 g/mol. The third kappa shape index (κ3) is 7.87.